The fraction of sp³-hybridized carbons (Fsp3) is 0.348. The lowest BCUT2D eigenvalue weighted by Gasteiger charge is -2.32. The molecule has 0 radical (unpaired) electrons. The number of hydrogen-bond acceptors (Lipinski definition) is 5. The highest BCUT2D eigenvalue weighted by atomic mass is 19.4. The van der Waals surface area contributed by atoms with Crippen LogP contribution in [0.2, 0.25) is 0 Å². The number of halogens is 3. The molecule has 33 heavy (non-hydrogen) atoms. The van der Waals surface area contributed by atoms with Crippen molar-refractivity contribution in [2.45, 2.75) is 38.0 Å². The van der Waals surface area contributed by atoms with Crippen LogP contribution in [0.3, 0.4) is 0 Å². The highest BCUT2D eigenvalue weighted by molar-refractivity contribution is 5.73. The number of carbonyl (C=O) groups is 1. The van der Waals surface area contributed by atoms with Gasteiger partial charge in [-0.25, -0.2) is 14.5 Å². The molecule has 1 fully saturated rings. The molecule has 0 bridgehead atoms. The molecule has 1 aromatic heterocycles. The van der Waals surface area contributed by atoms with E-state index >= 15 is 0 Å². The van der Waals surface area contributed by atoms with Crippen molar-refractivity contribution in [1.29, 1.82) is 0 Å². The third-order valence-electron chi connectivity index (χ3n) is 5.53. The molecular weight excluding hydrogens is 435 g/mol. The number of likely N-dealkylation sites (tertiary alicyclic amines) is 1. The molecule has 176 valence electrons. The Kier molecular flexibility index (Phi) is 8.18. The van der Waals surface area contributed by atoms with Crippen LogP contribution >= 0.6 is 0 Å². The summed E-state index contributed by atoms with van der Waals surface area (Å²) in [5, 5.41) is 11.5. The minimum Gasteiger partial charge on any atom is -0.475 e. The summed E-state index contributed by atoms with van der Waals surface area (Å²) in [6.45, 7) is 3.60. The Labute approximate surface area is 189 Å². The molecule has 10 heteroatoms. The second-order valence-electron chi connectivity index (χ2n) is 7.68. The number of carboxylic acids is 1. The summed E-state index contributed by atoms with van der Waals surface area (Å²) in [5.74, 6) is -1.15. The number of alkyl halides is 3. The molecule has 3 aromatic rings. The molecule has 7 nitrogen and oxygen atoms in total. The number of aliphatic carboxylic acids is 1. The van der Waals surface area contributed by atoms with Gasteiger partial charge in [0.2, 0.25) is 0 Å². The zero-order valence-electron chi connectivity index (χ0n) is 17.9. The minimum absolute atomic E-state index is 0.609. The Morgan fingerprint density at radius 3 is 2.27 bits per heavy atom. The van der Waals surface area contributed by atoms with E-state index in [4.69, 9.17) is 15.6 Å². The van der Waals surface area contributed by atoms with Gasteiger partial charge in [0.05, 0.1) is 12.2 Å². The van der Waals surface area contributed by atoms with Crippen LogP contribution in [0.1, 0.15) is 35.7 Å². The predicted octanol–water partition coefficient (Wildman–Crippen LogP) is 3.74. The van der Waals surface area contributed by atoms with Gasteiger partial charge in [-0.3, -0.25) is 4.90 Å². The van der Waals surface area contributed by atoms with E-state index in [0.29, 0.717) is 12.5 Å². The van der Waals surface area contributed by atoms with Crippen LogP contribution in [0.5, 0.6) is 0 Å². The lowest BCUT2D eigenvalue weighted by molar-refractivity contribution is -0.192. The van der Waals surface area contributed by atoms with Gasteiger partial charge in [-0.1, -0.05) is 42.5 Å². The molecule has 0 amide bonds. The first-order chi connectivity index (χ1) is 15.8. The zero-order valence-corrected chi connectivity index (χ0v) is 17.9. The van der Waals surface area contributed by atoms with E-state index in [1.807, 2.05) is 22.9 Å². The number of nitrogens with zero attached hydrogens (tertiary/aromatic N) is 4. The van der Waals surface area contributed by atoms with Crippen LogP contribution in [-0.2, 0) is 17.9 Å². The number of para-hydroxylation sites is 1. The number of carboxylic acid groups (broad SMARTS) is 1. The number of piperidine rings is 1. The van der Waals surface area contributed by atoms with Gasteiger partial charge < -0.3 is 10.8 Å². The molecule has 1 aliphatic heterocycles. The van der Waals surface area contributed by atoms with Crippen molar-refractivity contribution < 1.29 is 23.1 Å². The molecule has 2 aromatic carbocycles. The molecule has 0 saturated carbocycles. The average molecular weight is 461 g/mol. The maximum Gasteiger partial charge on any atom is 0.490 e. The van der Waals surface area contributed by atoms with Crippen molar-refractivity contribution in [1.82, 2.24) is 19.7 Å². The van der Waals surface area contributed by atoms with E-state index in [1.165, 1.54) is 11.1 Å². The van der Waals surface area contributed by atoms with Gasteiger partial charge >= 0.3 is 12.1 Å². The number of benzene rings is 2. The van der Waals surface area contributed by atoms with Crippen LogP contribution in [-0.4, -0.2) is 50.0 Å². The SMILES string of the molecule is NCc1ccccc1C1CCN(Cc2ncnn2-c2ccccc2)CC1.O=C(O)C(F)(F)F. The molecule has 0 aliphatic carbocycles. The summed E-state index contributed by atoms with van der Waals surface area (Å²) in [6, 6.07) is 18.8. The highest BCUT2D eigenvalue weighted by Gasteiger charge is 2.38. The Balaban J connectivity index is 0.000000383. The maximum absolute atomic E-state index is 10.6. The first kappa shape index (κ1) is 24.4. The van der Waals surface area contributed by atoms with Crippen LogP contribution in [0.4, 0.5) is 13.2 Å². The van der Waals surface area contributed by atoms with E-state index in [9.17, 15) is 13.2 Å². The molecule has 0 unspecified atom stereocenters. The van der Waals surface area contributed by atoms with Gasteiger partial charge in [0.25, 0.3) is 0 Å². The highest BCUT2D eigenvalue weighted by Crippen LogP contribution is 2.30. The number of aromatic nitrogens is 3. The molecule has 4 rings (SSSR count). The van der Waals surface area contributed by atoms with Gasteiger partial charge in [-0.15, -0.1) is 0 Å². The normalized spacial score (nSPS) is 15.0. The van der Waals surface area contributed by atoms with Crippen molar-refractivity contribution >= 4 is 5.97 Å². The second-order valence-corrected chi connectivity index (χ2v) is 7.68. The Morgan fingerprint density at radius 2 is 1.67 bits per heavy atom. The Bertz CT molecular complexity index is 1030. The Morgan fingerprint density at radius 1 is 1.06 bits per heavy atom. The van der Waals surface area contributed by atoms with Crippen LogP contribution in [0.15, 0.2) is 60.9 Å². The quantitative estimate of drug-likeness (QED) is 0.601. The summed E-state index contributed by atoms with van der Waals surface area (Å²) in [6.07, 6.45) is -1.11. The van der Waals surface area contributed by atoms with Gasteiger partial charge in [-0.05, 0) is 55.1 Å². The van der Waals surface area contributed by atoms with Crippen LogP contribution < -0.4 is 5.73 Å². The van der Waals surface area contributed by atoms with Gasteiger partial charge in [-0.2, -0.15) is 18.3 Å². The van der Waals surface area contributed by atoms with E-state index in [2.05, 4.69) is 51.4 Å². The molecule has 1 aliphatic rings. The van der Waals surface area contributed by atoms with Crippen molar-refractivity contribution in [2.24, 2.45) is 5.73 Å². The van der Waals surface area contributed by atoms with E-state index in [-0.39, 0.29) is 0 Å². The average Bonchev–Trinajstić information content (AvgIpc) is 3.28. The third-order valence-corrected chi connectivity index (χ3v) is 5.53. The maximum atomic E-state index is 10.6. The predicted molar refractivity (Wildman–Crippen MR) is 117 cm³/mol. The topological polar surface area (TPSA) is 97.3 Å². The lowest BCUT2D eigenvalue weighted by Crippen LogP contribution is -2.33. The summed E-state index contributed by atoms with van der Waals surface area (Å²) in [5.41, 5.74) is 9.70. The molecule has 1 saturated heterocycles. The third kappa shape index (κ3) is 6.62. The lowest BCUT2D eigenvalue weighted by atomic mass is 9.86. The van der Waals surface area contributed by atoms with Crippen molar-refractivity contribution in [3.63, 3.8) is 0 Å². The van der Waals surface area contributed by atoms with Crippen molar-refractivity contribution in [2.75, 3.05) is 13.1 Å². The van der Waals surface area contributed by atoms with E-state index in [1.54, 1.807) is 6.33 Å². The number of hydrogen-bond donors (Lipinski definition) is 2. The first-order valence-electron chi connectivity index (χ1n) is 10.5. The molecule has 2 heterocycles. The summed E-state index contributed by atoms with van der Waals surface area (Å²) in [7, 11) is 0. The van der Waals surface area contributed by atoms with Gasteiger partial charge in [0.15, 0.2) is 0 Å². The summed E-state index contributed by atoms with van der Waals surface area (Å²) < 4.78 is 33.7. The van der Waals surface area contributed by atoms with Crippen molar-refractivity contribution in [3.8, 4) is 5.69 Å². The fourth-order valence-electron chi connectivity index (χ4n) is 3.88. The van der Waals surface area contributed by atoms with Crippen LogP contribution in [0, 0.1) is 0 Å². The van der Waals surface area contributed by atoms with Gasteiger partial charge in [0, 0.05) is 6.54 Å². The number of nitrogens with two attached hydrogens (primary N) is 1. The Hall–Kier alpha value is -3.24. The monoisotopic (exact) mass is 461 g/mol. The molecule has 3 N–H and O–H groups in total. The standard InChI is InChI=1S/C21H25N5.C2HF3O2/c22-14-18-6-4-5-9-20(18)17-10-12-25(13-11-17)15-21-23-16-24-26(21)19-7-2-1-3-8-19;3-2(4,5)1(6)7/h1-9,16-17H,10-15,22H2;(H,6,7). The second kappa shape index (κ2) is 11.1. The fourth-order valence-corrected chi connectivity index (χ4v) is 3.88. The largest absolute Gasteiger partial charge is 0.490 e. The smallest absolute Gasteiger partial charge is 0.475 e. The van der Waals surface area contributed by atoms with Crippen molar-refractivity contribution in [3.05, 3.63) is 77.9 Å². The molecular formula is C23H26F3N5O2. The summed E-state index contributed by atoms with van der Waals surface area (Å²) >= 11 is 0. The molecule has 0 spiro atoms. The van der Waals surface area contributed by atoms with E-state index in [0.717, 1.165) is 44.0 Å². The summed E-state index contributed by atoms with van der Waals surface area (Å²) in [4.78, 5) is 15.9. The van der Waals surface area contributed by atoms with Crippen LogP contribution in [0.25, 0.3) is 5.69 Å². The zero-order chi connectivity index (χ0) is 23.8. The van der Waals surface area contributed by atoms with E-state index < -0.39 is 12.1 Å². The minimum atomic E-state index is -5.08. The van der Waals surface area contributed by atoms with Gasteiger partial charge in [0.1, 0.15) is 12.2 Å². The first-order valence-corrected chi connectivity index (χ1v) is 10.5. The number of rotatable bonds is 5. The molecule has 0 atom stereocenters.